The summed E-state index contributed by atoms with van der Waals surface area (Å²) in [6, 6.07) is 121. The highest BCUT2D eigenvalue weighted by Crippen LogP contribution is 2.52. The van der Waals surface area contributed by atoms with E-state index in [-0.39, 0.29) is 0 Å². The number of hydrogen-bond donors (Lipinski definition) is 0. The van der Waals surface area contributed by atoms with Gasteiger partial charge in [-0.25, -0.2) is 0 Å². The molecule has 0 saturated carbocycles. The number of hydrogen-bond acceptors (Lipinski definition) is 4. The highest BCUT2D eigenvalue weighted by Gasteiger charge is 2.24. The number of fused-ring (bicyclic) bond motifs is 22. The van der Waals surface area contributed by atoms with E-state index in [2.05, 4.69) is 328 Å². The fourth-order valence-electron chi connectivity index (χ4n) is 17.0. The monoisotopic (exact) mass is 1300 g/mol. The lowest BCUT2D eigenvalue weighted by Crippen LogP contribution is -1.91. The average Bonchev–Trinajstić information content (AvgIpc) is 1.49. The second-order valence-corrected chi connectivity index (χ2v) is 28.9. The molecule has 0 amide bonds. The Balaban J connectivity index is 0.653. The second-order valence-electron chi connectivity index (χ2n) is 26.8. The van der Waals surface area contributed by atoms with Crippen molar-refractivity contribution in [3.63, 3.8) is 0 Å². The molecule has 4 heterocycles. The van der Waals surface area contributed by atoms with E-state index in [0.29, 0.717) is 0 Å². The highest BCUT2D eigenvalue weighted by molar-refractivity contribution is 7.26. The minimum Gasteiger partial charge on any atom is -0.456 e. The molecular formula is C96H54O2S2. The molecule has 4 heteroatoms. The van der Waals surface area contributed by atoms with Crippen LogP contribution in [0, 0.1) is 0 Å². The molecule has 100 heavy (non-hydrogen) atoms. The number of benzene rings is 18. The Kier molecular flexibility index (Phi) is 12.0. The molecule has 22 rings (SSSR count). The van der Waals surface area contributed by atoms with E-state index in [9.17, 15) is 0 Å². The van der Waals surface area contributed by atoms with E-state index in [1.807, 2.05) is 22.7 Å². The van der Waals surface area contributed by atoms with Gasteiger partial charge in [0.1, 0.15) is 22.3 Å². The highest BCUT2D eigenvalue weighted by atomic mass is 32.1. The Morgan fingerprint density at radius 3 is 1.27 bits per heavy atom. The minimum atomic E-state index is 0.880. The van der Waals surface area contributed by atoms with Gasteiger partial charge in [0, 0.05) is 78.2 Å². The number of thiophene rings is 2. The first-order chi connectivity index (χ1) is 49.6. The third-order valence-corrected chi connectivity index (χ3v) is 23.7. The Morgan fingerprint density at radius 1 is 0.190 bits per heavy atom. The van der Waals surface area contributed by atoms with Crippen LogP contribution in [0.25, 0.3) is 227 Å². The summed E-state index contributed by atoms with van der Waals surface area (Å²) in [5.41, 5.74) is 20.5. The topological polar surface area (TPSA) is 26.3 Å². The summed E-state index contributed by atoms with van der Waals surface area (Å²) in [4.78, 5) is 0. The van der Waals surface area contributed by atoms with Gasteiger partial charge in [0.2, 0.25) is 0 Å². The summed E-state index contributed by atoms with van der Waals surface area (Å²) in [6.07, 6.45) is 0. The van der Waals surface area contributed by atoms with Gasteiger partial charge in [-0.1, -0.05) is 255 Å². The molecule has 0 radical (unpaired) electrons. The van der Waals surface area contributed by atoms with Gasteiger partial charge in [-0.05, 0) is 199 Å². The maximum Gasteiger partial charge on any atom is 0.143 e. The van der Waals surface area contributed by atoms with Crippen molar-refractivity contribution < 1.29 is 8.83 Å². The van der Waals surface area contributed by atoms with Crippen LogP contribution in [0.4, 0.5) is 0 Å². The Morgan fingerprint density at radius 2 is 0.630 bits per heavy atom. The first-order valence-corrected chi connectivity index (χ1v) is 35.9. The maximum atomic E-state index is 6.86. The Hall–Kier alpha value is -12.4. The fraction of sp³-hybridized carbons (Fsp3) is 0. The molecule has 462 valence electrons. The summed E-state index contributed by atoms with van der Waals surface area (Å²) in [7, 11) is 0. The maximum absolute atomic E-state index is 6.86. The molecule has 22 aromatic rings. The smallest absolute Gasteiger partial charge is 0.143 e. The summed E-state index contributed by atoms with van der Waals surface area (Å²) in [5.74, 6) is 0. The zero-order chi connectivity index (χ0) is 65.3. The molecule has 0 aliphatic rings. The number of para-hydroxylation sites is 1. The van der Waals surface area contributed by atoms with Crippen molar-refractivity contribution in [3.05, 3.63) is 328 Å². The zero-order valence-corrected chi connectivity index (χ0v) is 55.4. The average molecular weight is 1300 g/mol. The van der Waals surface area contributed by atoms with Gasteiger partial charge in [0.25, 0.3) is 0 Å². The van der Waals surface area contributed by atoms with Crippen LogP contribution < -0.4 is 0 Å². The largest absolute Gasteiger partial charge is 0.456 e. The van der Waals surface area contributed by atoms with E-state index in [4.69, 9.17) is 8.83 Å². The third kappa shape index (κ3) is 8.24. The van der Waals surface area contributed by atoms with Crippen LogP contribution >= 0.6 is 22.7 Å². The minimum absolute atomic E-state index is 0.880. The lowest BCUT2D eigenvalue weighted by Gasteiger charge is -2.18. The van der Waals surface area contributed by atoms with Crippen LogP contribution in [0.3, 0.4) is 0 Å². The van der Waals surface area contributed by atoms with Gasteiger partial charge >= 0.3 is 0 Å². The quantitative estimate of drug-likeness (QED) is 0.149. The van der Waals surface area contributed by atoms with E-state index in [1.165, 1.54) is 172 Å². The SMILES string of the molecule is c1ccc(-c2c3ccccc3c(-c3cccc(-c4ccc5oc6ccc7cc(-c8ccc(-c9c%10ccccc%10c(-c%10cccc(-c%11ccc%12sc%13ccc%14ccc%15c%16ccccc%16oc%15c%14c%13c%12c%11)c%10)c%10ccccc9%10)cc8)c8sc9ccccc9c8c7c6c5c4)c3)c3ccccc23)cc1. The van der Waals surface area contributed by atoms with Crippen LogP contribution in [0.1, 0.15) is 0 Å². The molecule has 0 fully saturated rings. The fourth-order valence-corrected chi connectivity index (χ4v) is 19.4. The van der Waals surface area contributed by atoms with Gasteiger partial charge in [-0.3, -0.25) is 0 Å². The van der Waals surface area contributed by atoms with Gasteiger partial charge in [-0.15, -0.1) is 22.7 Å². The lowest BCUT2D eigenvalue weighted by molar-refractivity contribution is 0.669. The van der Waals surface area contributed by atoms with E-state index in [1.54, 1.807) is 0 Å². The van der Waals surface area contributed by atoms with E-state index in [0.717, 1.165) is 55.0 Å². The molecule has 0 spiro atoms. The van der Waals surface area contributed by atoms with Gasteiger partial charge < -0.3 is 8.83 Å². The molecule has 0 aliphatic heterocycles. The first kappa shape index (κ1) is 55.7. The van der Waals surface area contributed by atoms with Crippen LogP contribution in [0.15, 0.2) is 336 Å². The molecule has 0 unspecified atom stereocenters. The molecule has 2 nitrogen and oxygen atoms in total. The van der Waals surface area contributed by atoms with Crippen molar-refractivity contribution in [3.8, 4) is 77.9 Å². The predicted octanol–water partition coefficient (Wildman–Crippen LogP) is 28.8. The van der Waals surface area contributed by atoms with Gasteiger partial charge in [0.15, 0.2) is 0 Å². The van der Waals surface area contributed by atoms with E-state index >= 15 is 0 Å². The molecule has 0 N–H and O–H groups in total. The third-order valence-electron chi connectivity index (χ3n) is 21.4. The van der Waals surface area contributed by atoms with Crippen molar-refractivity contribution in [2.75, 3.05) is 0 Å². The molecule has 0 bridgehead atoms. The lowest BCUT2D eigenvalue weighted by atomic mass is 9.85. The van der Waals surface area contributed by atoms with Crippen LogP contribution in [-0.4, -0.2) is 0 Å². The second kappa shape index (κ2) is 21.5. The van der Waals surface area contributed by atoms with Crippen molar-refractivity contribution in [1.29, 1.82) is 0 Å². The molecule has 4 aromatic heterocycles. The number of furan rings is 2. The molecule has 0 atom stereocenters. The van der Waals surface area contributed by atoms with Crippen molar-refractivity contribution in [2.24, 2.45) is 0 Å². The van der Waals surface area contributed by atoms with Crippen LogP contribution in [0.5, 0.6) is 0 Å². The number of rotatable bonds is 7. The van der Waals surface area contributed by atoms with Crippen molar-refractivity contribution >= 4 is 172 Å². The summed E-state index contributed by atoms with van der Waals surface area (Å²) < 4.78 is 18.6. The molecule has 0 aliphatic carbocycles. The molecular weight excluding hydrogens is 1250 g/mol. The molecule has 18 aromatic carbocycles. The first-order valence-electron chi connectivity index (χ1n) is 34.3. The van der Waals surface area contributed by atoms with Crippen molar-refractivity contribution in [1.82, 2.24) is 0 Å². The molecule has 0 saturated heterocycles. The van der Waals surface area contributed by atoms with Gasteiger partial charge in [0.05, 0.1) is 0 Å². The summed E-state index contributed by atoms with van der Waals surface area (Å²) >= 11 is 3.74. The zero-order valence-electron chi connectivity index (χ0n) is 53.8. The standard InChI is InChI=1S/C96H54O2S2/c1-2-18-56(19-3-1)86-67-25-4-8-29-71(67)88(72-30-9-5-26-68(72)86)63-22-16-20-59(50-63)61-41-46-81-78(52-61)92-82(97-81)47-42-65-54-77(96-94(90(65)92)76-33-13-15-35-83(76)100-96)55-36-38-57(39-37-55)87-69-27-6-10-31-73(69)89(74-32-11-7-28-70(74)87)64-23-17-21-60(51-64)62-44-48-84-79(53-62)93-85(99-84)49-43-58-40-45-75-66-24-12-14-34-80(66)98-95(75)91(58)93/h1-54H. The van der Waals surface area contributed by atoms with Crippen molar-refractivity contribution in [2.45, 2.75) is 0 Å². The summed E-state index contributed by atoms with van der Waals surface area (Å²) in [5, 5.41) is 24.3. The Labute approximate surface area is 581 Å². The predicted molar refractivity (Wildman–Crippen MR) is 430 cm³/mol. The normalized spacial score (nSPS) is 12.2. The van der Waals surface area contributed by atoms with Crippen LogP contribution in [0.2, 0.25) is 0 Å². The van der Waals surface area contributed by atoms with E-state index < -0.39 is 0 Å². The Bertz CT molecular complexity index is 7150. The summed E-state index contributed by atoms with van der Waals surface area (Å²) in [6.45, 7) is 0. The van der Waals surface area contributed by atoms with Crippen LogP contribution in [-0.2, 0) is 0 Å². The van der Waals surface area contributed by atoms with Gasteiger partial charge in [-0.2, -0.15) is 0 Å².